The van der Waals surface area contributed by atoms with Crippen molar-refractivity contribution in [3.63, 3.8) is 0 Å². The van der Waals surface area contributed by atoms with Gasteiger partial charge in [0.2, 0.25) is 11.4 Å². The molecule has 4 unspecified atom stereocenters. The molecule has 8 heteroatoms. The zero-order valence-corrected chi connectivity index (χ0v) is 48.0. The molecule has 1 aromatic rings. The predicted molar refractivity (Wildman–Crippen MR) is 293 cm³/mol. The van der Waals surface area contributed by atoms with Crippen LogP contribution in [-0.4, -0.2) is 32.7 Å². The van der Waals surface area contributed by atoms with Crippen molar-refractivity contribution in [2.75, 3.05) is 0 Å². The van der Waals surface area contributed by atoms with E-state index in [0.29, 0.717) is 11.7 Å². The van der Waals surface area contributed by atoms with Crippen LogP contribution in [0.2, 0.25) is 0 Å². The molecule has 8 nitrogen and oxygen atoms in total. The Morgan fingerprint density at radius 2 is 1.00 bits per heavy atom. The number of fused-ring (bicyclic) bond motifs is 14. The summed E-state index contributed by atoms with van der Waals surface area (Å²) in [7, 11) is 0. The second-order valence-electron chi connectivity index (χ2n) is 30.7. The van der Waals surface area contributed by atoms with Crippen LogP contribution in [0.15, 0.2) is 72.1 Å². The van der Waals surface area contributed by atoms with Gasteiger partial charge in [0.05, 0.1) is 19.5 Å². The summed E-state index contributed by atoms with van der Waals surface area (Å²) in [5.41, 5.74) is 1.81. The number of aromatic nitrogens is 2. The van der Waals surface area contributed by atoms with Gasteiger partial charge in [-0.2, -0.15) is 0 Å². The second-order valence-corrected chi connectivity index (χ2v) is 30.7. The van der Waals surface area contributed by atoms with Crippen molar-refractivity contribution in [2.45, 2.75) is 194 Å². The van der Waals surface area contributed by atoms with Crippen LogP contribution in [0.1, 0.15) is 194 Å². The first-order valence-electron chi connectivity index (χ1n) is 28.6. The highest BCUT2D eigenvalue weighted by Crippen LogP contribution is 2.77. The third-order valence-corrected chi connectivity index (χ3v) is 25.5. The van der Waals surface area contributed by atoms with Crippen LogP contribution in [0.3, 0.4) is 0 Å². The summed E-state index contributed by atoms with van der Waals surface area (Å²) in [6, 6.07) is 0. The molecule has 0 bridgehead atoms. The van der Waals surface area contributed by atoms with E-state index < -0.39 is 21.7 Å². The van der Waals surface area contributed by atoms with Crippen molar-refractivity contribution in [3.8, 4) is 0 Å². The molecular weight excluding hydrogens is 913 g/mol. The highest BCUT2D eigenvalue weighted by atomic mass is 16.1. The summed E-state index contributed by atoms with van der Waals surface area (Å²) < 4.78 is 2.09. The van der Waals surface area contributed by atoms with Crippen LogP contribution in [0.4, 0.5) is 0 Å². The molecule has 0 N–H and O–H groups in total. The van der Waals surface area contributed by atoms with Crippen LogP contribution in [0.25, 0.3) is 15.4 Å². The molecule has 6 fully saturated rings. The molecule has 1 aromatic heterocycles. The first kappa shape index (κ1) is 53.0. The minimum absolute atomic E-state index is 0.0294. The van der Waals surface area contributed by atoms with Gasteiger partial charge in [-0.15, -0.1) is 0 Å². The van der Waals surface area contributed by atoms with Crippen LogP contribution in [0, 0.1) is 114 Å². The Kier molecular flexibility index (Phi) is 11.5. The Bertz CT molecular complexity index is 2890. The van der Waals surface area contributed by atoms with E-state index in [0.717, 1.165) is 81.9 Å². The average Bonchev–Trinajstić information content (AvgIpc) is 3.86. The van der Waals surface area contributed by atoms with Gasteiger partial charge >= 0.3 is 0 Å². The molecule has 1 heterocycles. The number of imidazole rings is 1. The quantitative estimate of drug-likeness (QED) is 0.275. The first-order chi connectivity index (χ1) is 34.1. The van der Waals surface area contributed by atoms with E-state index >= 15 is 0 Å². The Morgan fingerprint density at radius 1 is 0.581 bits per heavy atom. The molecule has 0 aromatic carbocycles. The summed E-state index contributed by atoms with van der Waals surface area (Å²) >= 11 is 0. The van der Waals surface area contributed by atoms with E-state index in [9.17, 15) is 19.2 Å². The molecule has 11 rings (SSSR count). The van der Waals surface area contributed by atoms with Crippen molar-refractivity contribution >= 4 is 28.8 Å². The number of Topliss-reactive ketones (excluding diaryl/α,β-unsaturated/α-hetero) is 2. The fourth-order valence-corrected chi connectivity index (χ4v) is 20.6. The van der Waals surface area contributed by atoms with E-state index in [1.54, 1.807) is 0 Å². The van der Waals surface area contributed by atoms with Gasteiger partial charge in [-0.3, -0.25) is 9.59 Å². The van der Waals surface area contributed by atoms with Crippen molar-refractivity contribution in [1.29, 1.82) is 0 Å². The zero-order chi connectivity index (χ0) is 54.2. The predicted octanol–water partition coefficient (Wildman–Crippen LogP) is 15.5. The third kappa shape index (κ3) is 6.75. The zero-order valence-electron chi connectivity index (χ0n) is 48.0. The Labute approximate surface area is 444 Å². The highest BCUT2D eigenvalue weighted by molar-refractivity contribution is 6.04. The van der Waals surface area contributed by atoms with Gasteiger partial charge in [0, 0.05) is 57.0 Å². The molecule has 10 aliphatic rings. The minimum atomic E-state index is -0.635. The molecular formula is C66H88N4O4. The summed E-state index contributed by atoms with van der Waals surface area (Å²) in [4.78, 5) is 67.0. The van der Waals surface area contributed by atoms with E-state index in [4.69, 9.17) is 13.1 Å². The van der Waals surface area contributed by atoms with Crippen LogP contribution < -0.4 is 0 Å². The number of rotatable bonds is 2. The maximum absolute atomic E-state index is 14.7. The van der Waals surface area contributed by atoms with Crippen LogP contribution in [-0.2, 0) is 19.2 Å². The van der Waals surface area contributed by atoms with Gasteiger partial charge < -0.3 is 14.2 Å². The number of carbonyl (C=O) groups is 4. The van der Waals surface area contributed by atoms with Crippen molar-refractivity contribution in [3.05, 3.63) is 95.0 Å². The highest BCUT2D eigenvalue weighted by Gasteiger charge is 2.72. The number of ketones is 4. The van der Waals surface area contributed by atoms with Gasteiger partial charge in [0.1, 0.15) is 0 Å². The van der Waals surface area contributed by atoms with Gasteiger partial charge in [-0.1, -0.05) is 134 Å². The lowest BCUT2D eigenvalue weighted by Crippen LogP contribution is -2.65. The van der Waals surface area contributed by atoms with Crippen molar-refractivity contribution < 1.29 is 19.2 Å². The molecule has 74 heavy (non-hydrogen) atoms. The lowest BCUT2D eigenvalue weighted by Gasteiger charge is -2.69. The summed E-state index contributed by atoms with van der Waals surface area (Å²) in [5, 5.41) is 0. The number of nitrogens with zero attached hydrogens (tertiary/aromatic N) is 4. The van der Waals surface area contributed by atoms with Crippen molar-refractivity contribution in [2.24, 2.45) is 100 Å². The van der Waals surface area contributed by atoms with Gasteiger partial charge in [-0.05, 0) is 164 Å². The number of carbonyl (C=O) groups excluding carboxylic acids is 4. The molecule has 0 aliphatic heterocycles. The maximum atomic E-state index is 14.7. The van der Waals surface area contributed by atoms with E-state index in [1.807, 2.05) is 70.7 Å². The number of allylic oxidation sites excluding steroid dienone is 9. The van der Waals surface area contributed by atoms with E-state index in [1.165, 1.54) is 24.8 Å². The Hall–Kier alpha value is -4.43. The van der Waals surface area contributed by atoms with Crippen LogP contribution in [0.5, 0.6) is 0 Å². The van der Waals surface area contributed by atoms with E-state index in [2.05, 4.69) is 102 Å². The van der Waals surface area contributed by atoms with Crippen LogP contribution >= 0.6 is 0 Å². The molecule has 0 spiro atoms. The number of hydrogen-bond acceptors (Lipinski definition) is 5. The summed E-state index contributed by atoms with van der Waals surface area (Å²) in [5.74, 6) is 1.30. The fourth-order valence-electron chi connectivity index (χ4n) is 20.6. The molecule has 0 radical (unpaired) electrons. The van der Waals surface area contributed by atoms with Gasteiger partial charge in [0.15, 0.2) is 23.1 Å². The Morgan fingerprint density at radius 3 is 1.46 bits per heavy atom. The normalized spacial score (nSPS) is 45.8. The molecule has 6 saturated carbocycles. The smallest absolute Gasteiger partial charge is 0.226 e. The molecule has 0 saturated heterocycles. The minimum Gasteiger partial charge on any atom is -0.310 e. The molecule has 396 valence electrons. The average molecular weight is 1000 g/mol. The topological polar surface area (TPSA) is 94.8 Å². The SMILES string of the molecule is [C-]#[N+]C1=C[C@]2(C)C3=CC(=O)C4C5CC(C)(C)CC[C@]5(C(=C)n5ccnc5)CC[C@@]4(C)[C@]3(C)CC[C@H]2C(C)(C)C1=O.[C-]#[N+]C1=C[C@]2(C)C3=CC(=O)C4C5CC(C)(C)CC[C@]5(C)CC[C@@]4(C)[C@]3(C)CC[C@H]2C(C)(C)C1=O. The molecule has 0 amide bonds. The maximum Gasteiger partial charge on any atom is 0.226 e. The van der Waals surface area contributed by atoms with Gasteiger partial charge in [-0.25, -0.2) is 14.7 Å². The third-order valence-electron chi connectivity index (χ3n) is 25.5. The van der Waals surface area contributed by atoms with Gasteiger partial charge in [0.25, 0.3) is 0 Å². The number of hydrogen-bond donors (Lipinski definition) is 0. The molecule has 14 atom stereocenters. The standard InChI is InChI=1S/C35H45N3O2.C31H43NO2/c1-22(38-17-16-37-21-38)35-14-12-30(2,3)19-23(35)28-25(39)18-27-32(6)20-24(36-9)29(40)31(4,5)26(32)10-11-33(27,7)34(28,8)13-15-35;1-26(2)12-13-28(5)14-15-31(8)24(19(28)17-26)21(33)16-23-29(6)18-20(32-9)25(34)27(3,4)22(29)10-11-30(23,31)7/h16-18,20-21,23,26,28H,1,10-15,19H2,2-8H3;16,18-19,22,24H,10-15,17H2,1-8H3/t23?,26-,28?,32-,33+,34+,35+;19?,22-,24?,28+,29-,30+,31+/m00/s1. The lowest BCUT2D eigenvalue weighted by atomic mass is 9.34. The monoisotopic (exact) mass is 1000 g/mol. The lowest BCUT2D eigenvalue weighted by molar-refractivity contribution is -0.168. The molecule has 10 aliphatic carbocycles. The van der Waals surface area contributed by atoms with E-state index in [-0.39, 0.29) is 102 Å². The summed E-state index contributed by atoms with van der Waals surface area (Å²) in [6.45, 7) is 54.3. The second kappa shape index (κ2) is 16.1. The fraction of sp³-hybridized carbons (Fsp3) is 0.712. The van der Waals surface area contributed by atoms with Crippen molar-refractivity contribution in [1.82, 2.24) is 9.55 Å². The first-order valence-corrected chi connectivity index (χ1v) is 28.6. The Balaban J connectivity index is 0.000000172. The summed E-state index contributed by atoms with van der Waals surface area (Å²) in [6.07, 6.45) is 28.5. The largest absolute Gasteiger partial charge is 0.310 e.